The molecule has 0 fully saturated rings. The van der Waals surface area contributed by atoms with Crippen molar-refractivity contribution in [3.8, 4) is 11.5 Å². The van der Waals surface area contributed by atoms with Gasteiger partial charge in [-0.15, -0.1) is 23.5 Å². The van der Waals surface area contributed by atoms with Gasteiger partial charge in [0, 0.05) is 32.9 Å². The van der Waals surface area contributed by atoms with E-state index in [9.17, 15) is 9.59 Å². The smallest absolute Gasteiger partial charge is 0.414 e. The van der Waals surface area contributed by atoms with Crippen molar-refractivity contribution < 1.29 is 23.2 Å². The molecule has 0 saturated heterocycles. The molecule has 2 atom stereocenters. The summed E-state index contributed by atoms with van der Waals surface area (Å²) >= 11 is 3.07. The van der Waals surface area contributed by atoms with Gasteiger partial charge in [-0.1, -0.05) is 66.7 Å². The highest BCUT2D eigenvalue weighted by atomic mass is 32.2. The predicted molar refractivity (Wildman–Crippen MR) is 213 cm³/mol. The van der Waals surface area contributed by atoms with Gasteiger partial charge in [0.2, 0.25) is 5.91 Å². The Kier molecular flexibility index (Phi) is 13.0. The number of nitrogen functional groups attached to an aromatic ring is 2. The molecule has 8 N–H and O–H groups in total. The van der Waals surface area contributed by atoms with Crippen LogP contribution in [0.3, 0.4) is 0 Å². The van der Waals surface area contributed by atoms with Crippen LogP contribution in [0.2, 0.25) is 0 Å². The van der Waals surface area contributed by atoms with Gasteiger partial charge in [-0.3, -0.25) is 20.4 Å². The van der Waals surface area contributed by atoms with E-state index in [0.717, 1.165) is 15.4 Å². The number of rotatable bonds is 16. The second kappa shape index (κ2) is 17.8. The van der Waals surface area contributed by atoms with Gasteiger partial charge in [0.05, 0.1) is 0 Å². The molecular formula is C39H39N6O5PS2. The summed E-state index contributed by atoms with van der Waals surface area (Å²) in [5, 5.41) is 21.3. The van der Waals surface area contributed by atoms with Crippen LogP contribution in [0.5, 0.6) is 11.5 Å². The molecule has 0 aliphatic carbocycles. The fraction of sp³-hybridized carbons (Fsp3) is 0.128. The van der Waals surface area contributed by atoms with E-state index in [1.807, 2.05) is 67.1 Å². The van der Waals surface area contributed by atoms with Crippen LogP contribution < -0.4 is 31.1 Å². The summed E-state index contributed by atoms with van der Waals surface area (Å²) in [6.07, 6.45) is 3.96. The molecule has 5 aromatic rings. The Bertz CT molecular complexity index is 2050. The van der Waals surface area contributed by atoms with Gasteiger partial charge in [-0.2, -0.15) is 0 Å². The third kappa shape index (κ3) is 10.3. The van der Waals surface area contributed by atoms with Crippen LogP contribution in [0.15, 0.2) is 137 Å². The predicted octanol–water partition coefficient (Wildman–Crippen LogP) is 7.21. The topological polar surface area (TPSA) is 193 Å². The molecule has 0 aliphatic heterocycles. The first kappa shape index (κ1) is 38.7. The Morgan fingerprint density at radius 1 is 0.660 bits per heavy atom. The van der Waals surface area contributed by atoms with Gasteiger partial charge in [0.25, 0.3) is 5.91 Å². The number of hydrogen-bond acceptors (Lipinski definition) is 9. The number of amides is 2. The number of amidine groups is 2. The molecule has 0 spiro atoms. The lowest BCUT2D eigenvalue weighted by atomic mass is 10.0. The summed E-state index contributed by atoms with van der Waals surface area (Å²) in [5.41, 5.74) is 13.5. The van der Waals surface area contributed by atoms with E-state index in [-0.39, 0.29) is 35.2 Å². The zero-order valence-electron chi connectivity index (χ0n) is 28.9. The largest absolute Gasteiger partial charge is 0.457 e. The summed E-state index contributed by atoms with van der Waals surface area (Å²) in [7, 11) is -4.44. The molecule has 0 aromatic heterocycles. The van der Waals surface area contributed by atoms with Crippen LogP contribution in [0.4, 0.5) is 0 Å². The molecule has 0 heterocycles. The van der Waals surface area contributed by atoms with E-state index in [2.05, 4.69) is 10.6 Å². The molecule has 0 radical (unpaired) electrons. The molecule has 14 heteroatoms. The molecule has 0 unspecified atom stereocenters. The molecule has 0 saturated carbocycles. The fourth-order valence-electron chi connectivity index (χ4n) is 5.22. The van der Waals surface area contributed by atoms with E-state index in [4.69, 9.17) is 31.3 Å². The van der Waals surface area contributed by atoms with Crippen molar-refractivity contribution in [2.75, 3.05) is 12.5 Å². The molecular weight excluding hydrogens is 728 g/mol. The zero-order chi connectivity index (χ0) is 38.0. The van der Waals surface area contributed by atoms with Crippen LogP contribution in [-0.2, 0) is 15.8 Å². The molecule has 2 amide bonds. The third-order valence-electron chi connectivity index (χ3n) is 8.08. The molecule has 0 aliphatic rings. The highest BCUT2D eigenvalue weighted by Gasteiger charge is 2.43. The van der Waals surface area contributed by atoms with Gasteiger partial charge >= 0.3 is 7.60 Å². The zero-order valence-corrected chi connectivity index (χ0v) is 31.5. The molecule has 5 rings (SSSR count). The van der Waals surface area contributed by atoms with Gasteiger partial charge in [-0.25, -0.2) is 4.57 Å². The maximum atomic E-state index is 15.4. The SMILES string of the molecule is CSc1ccc(OP(=O)(Oc2ccc(SC)cc2)[C@H](NC(=O)[C@H](Cc2ccccc2)NC(=O)c2ccc(C(=N)N)cc2)c2ccc(C(=N)N)cc2)cc1. The average Bonchev–Trinajstić information content (AvgIpc) is 3.17. The average molecular weight is 767 g/mol. The first-order chi connectivity index (χ1) is 25.5. The Morgan fingerprint density at radius 2 is 1.11 bits per heavy atom. The minimum absolute atomic E-state index is 0.0955. The van der Waals surface area contributed by atoms with Gasteiger partial charge in [0.15, 0.2) is 5.78 Å². The number of nitrogens with two attached hydrogens (primary N) is 2. The molecule has 53 heavy (non-hydrogen) atoms. The lowest BCUT2D eigenvalue weighted by Gasteiger charge is -2.30. The van der Waals surface area contributed by atoms with Crippen LogP contribution in [0.25, 0.3) is 0 Å². The van der Waals surface area contributed by atoms with Gasteiger partial charge in [0.1, 0.15) is 29.2 Å². The summed E-state index contributed by atoms with van der Waals surface area (Å²) in [6, 6.07) is 34.5. The van der Waals surface area contributed by atoms with Crippen molar-refractivity contribution in [3.05, 3.63) is 155 Å². The standard InChI is InChI=1S/C39H39N6O5PS2/c1-52-32-20-16-30(17-21-32)49-51(48,50-31-18-22-33(53-2)23-19-31)39(29-14-10-27(11-15-29)36(42)43)45-38(47)34(24-25-6-4-3-5-7-25)44-37(46)28-12-8-26(9-13-28)35(40)41/h3-23,34,39H,24H2,1-2H3,(H3,40,41)(H3,42,43)(H,44,46)(H,45,47)/t34-,39-/m0/s1. The lowest BCUT2D eigenvalue weighted by molar-refractivity contribution is -0.123. The van der Waals surface area contributed by atoms with E-state index >= 15 is 4.57 Å². The van der Waals surface area contributed by atoms with Crippen molar-refractivity contribution >= 4 is 54.6 Å². The molecule has 272 valence electrons. The second-order valence-electron chi connectivity index (χ2n) is 11.7. The number of thioether (sulfide) groups is 2. The van der Waals surface area contributed by atoms with Crippen molar-refractivity contribution in [3.63, 3.8) is 0 Å². The van der Waals surface area contributed by atoms with E-state index in [1.165, 1.54) is 35.7 Å². The number of nitrogens with one attached hydrogen (secondary N) is 4. The maximum Gasteiger partial charge on any atom is 0.457 e. The van der Waals surface area contributed by atoms with E-state index in [0.29, 0.717) is 16.7 Å². The summed E-state index contributed by atoms with van der Waals surface area (Å²) < 4.78 is 27.9. The minimum atomic E-state index is -4.44. The van der Waals surface area contributed by atoms with Gasteiger partial charge < -0.3 is 31.1 Å². The van der Waals surface area contributed by atoms with Crippen molar-refractivity contribution in [1.82, 2.24) is 10.6 Å². The fourth-order valence-corrected chi connectivity index (χ4v) is 7.94. The monoisotopic (exact) mass is 766 g/mol. The molecule has 5 aromatic carbocycles. The van der Waals surface area contributed by atoms with Crippen LogP contribution in [0, 0.1) is 10.8 Å². The highest BCUT2D eigenvalue weighted by molar-refractivity contribution is 7.98. The second-order valence-corrected chi connectivity index (χ2v) is 15.4. The van der Waals surface area contributed by atoms with Crippen LogP contribution >= 0.6 is 31.1 Å². The normalized spacial score (nSPS) is 12.2. The summed E-state index contributed by atoms with van der Waals surface area (Å²) in [5.74, 6) is -2.43. The summed E-state index contributed by atoms with van der Waals surface area (Å²) in [4.78, 5) is 29.9. The number of benzene rings is 5. The summed E-state index contributed by atoms with van der Waals surface area (Å²) in [6.45, 7) is 0. The third-order valence-corrected chi connectivity index (χ3v) is 11.6. The van der Waals surface area contributed by atoms with E-state index in [1.54, 1.807) is 60.7 Å². The number of carbonyl (C=O) groups excluding carboxylic acids is 2. The Balaban J connectivity index is 1.56. The highest BCUT2D eigenvalue weighted by Crippen LogP contribution is 2.59. The Morgan fingerprint density at radius 3 is 1.57 bits per heavy atom. The minimum Gasteiger partial charge on any atom is -0.414 e. The van der Waals surface area contributed by atoms with Gasteiger partial charge in [-0.05, 0) is 84.3 Å². The number of carbonyl (C=O) groups is 2. The van der Waals surface area contributed by atoms with Crippen molar-refractivity contribution in [2.45, 2.75) is 28.0 Å². The van der Waals surface area contributed by atoms with E-state index < -0.39 is 31.2 Å². The van der Waals surface area contributed by atoms with Crippen molar-refractivity contribution in [2.24, 2.45) is 11.5 Å². The molecule has 0 bridgehead atoms. The first-order valence-corrected chi connectivity index (χ1v) is 20.3. The number of hydrogen-bond donors (Lipinski definition) is 6. The van der Waals surface area contributed by atoms with Crippen molar-refractivity contribution in [1.29, 1.82) is 10.8 Å². The maximum absolute atomic E-state index is 15.4. The Hall–Kier alpha value is -5.49. The Labute approximate surface area is 316 Å². The molecule has 11 nitrogen and oxygen atoms in total. The van der Waals surface area contributed by atoms with Crippen LogP contribution in [-0.4, -0.2) is 42.0 Å². The lowest BCUT2D eigenvalue weighted by Crippen LogP contribution is -2.49. The first-order valence-electron chi connectivity index (χ1n) is 16.3. The quantitative estimate of drug-likeness (QED) is 0.0261. The van der Waals surface area contributed by atoms with Crippen LogP contribution in [0.1, 0.15) is 38.4 Å².